The summed E-state index contributed by atoms with van der Waals surface area (Å²) in [6, 6.07) is 14.9. The Kier molecular flexibility index (Phi) is 4.76. The lowest BCUT2D eigenvalue weighted by molar-refractivity contribution is 0.0844. The number of ether oxygens (including phenoxy) is 2. The van der Waals surface area contributed by atoms with Gasteiger partial charge in [0.2, 0.25) is 0 Å². The van der Waals surface area contributed by atoms with Crippen LogP contribution >= 0.6 is 0 Å². The maximum atomic E-state index is 12.8. The van der Waals surface area contributed by atoms with Crippen molar-refractivity contribution in [2.24, 2.45) is 0 Å². The van der Waals surface area contributed by atoms with Gasteiger partial charge < -0.3 is 24.8 Å². The van der Waals surface area contributed by atoms with E-state index in [0.29, 0.717) is 16.9 Å². The molecule has 1 aliphatic rings. The summed E-state index contributed by atoms with van der Waals surface area (Å²) in [7, 11) is 1.47. The van der Waals surface area contributed by atoms with Gasteiger partial charge in [-0.25, -0.2) is 0 Å². The number of phenols is 3. The van der Waals surface area contributed by atoms with E-state index in [1.165, 1.54) is 19.2 Å². The minimum absolute atomic E-state index is 0.0632. The second-order valence-corrected chi connectivity index (χ2v) is 6.91. The van der Waals surface area contributed by atoms with Crippen LogP contribution in [0.1, 0.15) is 39.6 Å². The van der Waals surface area contributed by atoms with E-state index >= 15 is 0 Å². The zero-order chi connectivity index (χ0) is 20.5. The maximum Gasteiger partial charge on any atom is 0.174 e. The Morgan fingerprint density at radius 1 is 1.07 bits per heavy atom. The number of carbonyl (C=O) groups excluding carboxylic acids is 1. The van der Waals surface area contributed by atoms with Gasteiger partial charge in [-0.2, -0.15) is 0 Å². The summed E-state index contributed by atoms with van der Waals surface area (Å²) in [5.74, 6) is 0.393. The van der Waals surface area contributed by atoms with Gasteiger partial charge in [-0.3, -0.25) is 4.79 Å². The van der Waals surface area contributed by atoms with E-state index in [9.17, 15) is 20.1 Å². The molecule has 1 aliphatic heterocycles. The van der Waals surface area contributed by atoms with E-state index in [-0.39, 0.29) is 47.2 Å². The van der Waals surface area contributed by atoms with Crippen LogP contribution in [0.2, 0.25) is 0 Å². The third-order valence-corrected chi connectivity index (χ3v) is 5.09. The molecule has 0 bridgehead atoms. The fraction of sp³-hybridized carbons (Fsp3) is 0.174. The van der Waals surface area contributed by atoms with Crippen LogP contribution in [0.3, 0.4) is 0 Å². The van der Waals surface area contributed by atoms with Crippen LogP contribution in [0.4, 0.5) is 0 Å². The van der Waals surface area contributed by atoms with Crippen LogP contribution in [0.25, 0.3) is 0 Å². The number of phenolic OH excluding ortho intramolecular Hbond substituents is 3. The zero-order valence-corrected chi connectivity index (χ0v) is 15.8. The van der Waals surface area contributed by atoms with E-state index in [2.05, 4.69) is 0 Å². The lowest BCUT2D eigenvalue weighted by Crippen LogP contribution is -2.21. The number of rotatable bonds is 4. The summed E-state index contributed by atoms with van der Waals surface area (Å²) in [4.78, 5) is 12.8. The van der Waals surface area contributed by atoms with Crippen molar-refractivity contribution in [3.05, 3.63) is 76.9 Å². The molecule has 1 atom stereocenters. The molecule has 0 radical (unpaired) electrons. The SMILES string of the molecule is COc1cc2c(c(O)c1Cc1ccccc1O)C(=O)C[C@@H](c1ccc(O)cc1)O2. The highest BCUT2D eigenvalue weighted by Crippen LogP contribution is 2.45. The fourth-order valence-electron chi connectivity index (χ4n) is 3.57. The Morgan fingerprint density at radius 2 is 1.79 bits per heavy atom. The average Bonchev–Trinajstić information content (AvgIpc) is 2.71. The number of methoxy groups -OCH3 is 1. The first kappa shape index (κ1) is 18.7. The number of benzene rings is 3. The first-order chi connectivity index (χ1) is 14.0. The van der Waals surface area contributed by atoms with E-state index < -0.39 is 6.10 Å². The van der Waals surface area contributed by atoms with Crippen molar-refractivity contribution in [3.63, 3.8) is 0 Å². The maximum absolute atomic E-state index is 12.8. The van der Waals surface area contributed by atoms with Gasteiger partial charge in [-0.15, -0.1) is 0 Å². The average molecular weight is 392 g/mol. The summed E-state index contributed by atoms with van der Waals surface area (Å²) < 4.78 is 11.4. The number of ketones is 1. The van der Waals surface area contributed by atoms with Crippen molar-refractivity contribution >= 4 is 5.78 Å². The molecule has 0 spiro atoms. The summed E-state index contributed by atoms with van der Waals surface area (Å²) >= 11 is 0. The van der Waals surface area contributed by atoms with Crippen LogP contribution < -0.4 is 9.47 Å². The third-order valence-electron chi connectivity index (χ3n) is 5.09. The lowest BCUT2D eigenvalue weighted by Gasteiger charge is -2.27. The highest BCUT2D eigenvalue weighted by atomic mass is 16.5. The molecule has 148 valence electrons. The van der Waals surface area contributed by atoms with Crippen molar-refractivity contribution in [2.75, 3.05) is 7.11 Å². The Morgan fingerprint density at radius 3 is 2.48 bits per heavy atom. The first-order valence-electron chi connectivity index (χ1n) is 9.16. The molecule has 3 aromatic carbocycles. The second kappa shape index (κ2) is 7.39. The van der Waals surface area contributed by atoms with E-state index in [0.717, 1.165) is 5.56 Å². The second-order valence-electron chi connectivity index (χ2n) is 6.91. The van der Waals surface area contributed by atoms with E-state index in [1.807, 2.05) is 0 Å². The van der Waals surface area contributed by atoms with Crippen molar-refractivity contribution in [2.45, 2.75) is 18.9 Å². The Labute approximate surface area is 167 Å². The molecule has 0 fully saturated rings. The molecular formula is C23H20O6. The number of aromatic hydroxyl groups is 3. The number of fused-ring (bicyclic) bond motifs is 1. The molecule has 6 heteroatoms. The van der Waals surface area contributed by atoms with Gasteiger partial charge in [0, 0.05) is 18.1 Å². The number of hydrogen-bond donors (Lipinski definition) is 3. The summed E-state index contributed by atoms with van der Waals surface area (Å²) in [5.41, 5.74) is 1.88. The van der Waals surface area contributed by atoms with Crippen LogP contribution in [-0.4, -0.2) is 28.2 Å². The summed E-state index contributed by atoms with van der Waals surface area (Å²) in [6.45, 7) is 0. The van der Waals surface area contributed by atoms with Crippen molar-refractivity contribution < 1.29 is 29.6 Å². The lowest BCUT2D eigenvalue weighted by atomic mass is 9.92. The van der Waals surface area contributed by atoms with Crippen LogP contribution in [0.15, 0.2) is 54.6 Å². The smallest absolute Gasteiger partial charge is 0.174 e. The number of hydrogen-bond acceptors (Lipinski definition) is 6. The van der Waals surface area contributed by atoms with Gasteiger partial charge in [0.1, 0.15) is 40.4 Å². The van der Waals surface area contributed by atoms with Crippen LogP contribution in [0.5, 0.6) is 28.7 Å². The molecule has 4 rings (SSSR count). The number of Topliss-reactive ketones (excluding diaryl/α,β-unsaturated/α-hetero) is 1. The van der Waals surface area contributed by atoms with Gasteiger partial charge in [0.25, 0.3) is 0 Å². The molecule has 1 heterocycles. The van der Waals surface area contributed by atoms with Crippen molar-refractivity contribution in [1.29, 1.82) is 0 Å². The minimum atomic E-state index is -0.524. The van der Waals surface area contributed by atoms with Gasteiger partial charge in [-0.1, -0.05) is 30.3 Å². The van der Waals surface area contributed by atoms with Gasteiger partial charge in [0.15, 0.2) is 5.78 Å². The molecule has 0 amide bonds. The van der Waals surface area contributed by atoms with Crippen molar-refractivity contribution in [1.82, 2.24) is 0 Å². The third kappa shape index (κ3) is 3.45. The molecular weight excluding hydrogens is 372 g/mol. The molecule has 0 aliphatic carbocycles. The molecule has 0 aromatic heterocycles. The normalized spacial score (nSPS) is 15.5. The highest BCUT2D eigenvalue weighted by molar-refractivity contribution is 6.03. The quantitative estimate of drug-likeness (QED) is 0.618. The molecule has 3 aromatic rings. The highest BCUT2D eigenvalue weighted by Gasteiger charge is 2.33. The first-order valence-corrected chi connectivity index (χ1v) is 9.16. The predicted octanol–water partition coefficient (Wildman–Crippen LogP) is 4.11. The fourth-order valence-corrected chi connectivity index (χ4v) is 3.57. The predicted molar refractivity (Wildman–Crippen MR) is 106 cm³/mol. The topological polar surface area (TPSA) is 96.2 Å². The number of para-hydroxylation sites is 1. The number of carbonyl (C=O) groups is 1. The molecule has 0 unspecified atom stereocenters. The summed E-state index contributed by atoms with van der Waals surface area (Å²) in [6.07, 6.45) is -0.263. The molecule has 0 saturated heterocycles. The van der Waals surface area contributed by atoms with Gasteiger partial charge >= 0.3 is 0 Å². The monoisotopic (exact) mass is 392 g/mol. The molecule has 0 saturated carbocycles. The van der Waals surface area contributed by atoms with Crippen LogP contribution in [-0.2, 0) is 6.42 Å². The summed E-state index contributed by atoms with van der Waals surface area (Å²) in [5, 5.41) is 30.4. The van der Waals surface area contributed by atoms with Gasteiger partial charge in [-0.05, 0) is 29.3 Å². The Hall–Kier alpha value is -3.67. The van der Waals surface area contributed by atoms with Crippen LogP contribution in [0, 0.1) is 0 Å². The molecule has 6 nitrogen and oxygen atoms in total. The van der Waals surface area contributed by atoms with Crippen molar-refractivity contribution in [3.8, 4) is 28.7 Å². The Bertz CT molecular complexity index is 1070. The standard InChI is InChI=1S/C23H20O6/c1-28-20-12-21-22(23(27)16(20)10-14-4-2-3-5-17(14)25)18(26)11-19(29-21)13-6-8-15(24)9-7-13/h2-9,12,19,24-25,27H,10-11H2,1H3/t19-/m0/s1. The largest absolute Gasteiger partial charge is 0.508 e. The zero-order valence-electron chi connectivity index (χ0n) is 15.8. The Balaban J connectivity index is 1.74. The van der Waals surface area contributed by atoms with Gasteiger partial charge in [0.05, 0.1) is 13.5 Å². The molecule has 3 N–H and O–H groups in total. The van der Waals surface area contributed by atoms with E-state index in [4.69, 9.17) is 9.47 Å². The minimum Gasteiger partial charge on any atom is -0.508 e. The van der Waals surface area contributed by atoms with E-state index in [1.54, 1.807) is 42.5 Å². The molecule has 29 heavy (non-hydrogen) atoms.